The maximum absolute atomic E-state index is 12.4. The zero-order chi connectivity index (χ0) is 18.4. The molecule has 0 aliphatic rings. The van der Waals surface area contributed by atoms with Crippen molar-refractivity contribution in [2.75, 3.05) is 0 Å². The summed E-state index contributed by atoms with van der Waals surface area (Å²) in [4.78, 5) is 12.4. The number of amides is 1. The topological polar surface area (TPSA) is 29.1 Å². The van der Waals surface area contributed by atoms with Crippen molar-refractivity contribution in [1.82, 2.24) is 5.32 Å². The first kappa shape index (κ1) is 18.2. The highest BCUT2D eigenvalue weighted by atomic mass is 16.1. The van der Waals surface area contributed by atoms with E-state index in [0.29, 0.717) is 13.0 Å². The predicted octanol–water partition coefficient (Wildman–Crippen LogP) is 5.21. The van der Waals surface area contributed by atoms with Gasteiger partial charge in [0.05, 0.1) is 0 Å². The van der Waals surface area contributed by atoms with E-state index in [4.69, 9.17) is 0 Å². The summed E-state index contributed by atoms with van der Waals surface area (Å²) in [5.74, 6) is 0.113. The minimum Gasteiger partial charge on any atom is -0.352 e. The smallest absolute Gasteiger partial charge is 0.220 e. The molecule has 0 fully saturated rings. The van der Waals surface area contributed by atoms with Crippen molar-refractivity contribution in [1.29, 1.82) is 0 Å². The largest absolute Gasteiger partial charge is 0.352 e. The summed E-state index contributed by atoms with van der Waals surface area (Å²) in [5, 5.41) is 5.58. The molecule has 3 aromatic carbocycles. The lowest BCUT2D eigenvalue weighted by molar-refractivity contribution is -0.121. The molecule has 3 aromatic rings. The van der Waals surface area contributed by atoms with Gasteiger partial charge in [0.2, 0.25) is 5.91 Å². The standard InChI is InChI=1S/C24H27NO/c1-3-18-12-13-19(4-2)22(16-18)17-25-24(26)15-14-21-10-7-9-20-8-5-6-11-23(20)21/h5-13,16H,3-4,14-15,17H2,1-2H3,(H,25,26). The number of rotatable bonds is 7. The lowest BCUT2D eigenvalue weighted by Gasteiger charge is -2.12. The molecule has 1 N–H and O–H groups in total. The molecule has 26 heavy (non-hydrogen) atoms. The molecule has 0 saturated heterocycles. The van der Waals surface area contributed by atoms with E-state index in [2.05, 4.69) is 79.8 Å². The van der Waals surface area contributed by atoms with Gasteiger partial charge >= 0.3 is 0 Å². The molecule has 0 heterocycles. The van der Waals surface area contributed by atoms with E-state index in [9.17, 15) is 4.79 Å². The third kappa shape index (κ3) is 4.32. The lowest BCUT2D eigenvalue weighted by Crippen LogP contribution is -2.23. The van der Waals surface area contributed by atoms with Crippen molar-refractivity contribution in [3.63, 3.8) is 0 Å². The Morgan fingerprint density at radius 3 is 2.46 bits per heavy atom. The number of aryl methyl sites for hydroxylation is 3. The first-order chi connectivity index (χ1) is 12.7. The molecule has 0 unspecified atom stereocenters. The number of hydrogen-bond acceptors (Lipinski definition) is 1. The third-order valence-electron chi connectivity index (χ3n) is 5.04. The van der Waals surface area contributed by atoms with Crippen molar-refractivity contribution in [3.05, 3.63) is 82.9 Å². The molecule has 2 nitrogen and oxygen atoms in total. The summed E-state index contributed by atoms with van der Waals surface area (Å²) < 4.78 is 0. The fourth-order valence-corrected chi connectivity index (χ4v) is 3.45. The van der Waals surface area contributed by atoms with E-state index in [1.165, 1.54) is 33.0 Å². The summed E-state index contributed by atoms with van der Waals surface area (Å²) in [5.41, 5.74) is 5.12. The summed E-state index contributed by atoms with van der Waals surface area (Å²) in [6, 6.07) is 21.3. The molecule has 0 bridgehead atoms. The Hall–Kier alpha value is -2.61. The van der Waals surface area contributed by atoms with Gasteiger partial charge in [0.1, 0.15) is 0 Å². The number of nitrogens with one attached hydrogen (secondary N) is 1. The maximum Gasteiger partial charge on any atom is 0.220 e. The molecule has 134 valence electrons. The van der Waals surface area contributed by atoms with E-state index >= 15 is 0 Å². The maximum atomic E-state index is 12.4. The van der Waals surface area contributed by atoms with Crippen LogP contribution in [0.25, 0.3) is 10.8 Å². The fourth-order valence-electron chi connectivity index (χ4n) is 3.45. The molecular weight excluding hydrogens is 318 g/mol. The van der Waals surface area contributed by atoms with Gasteiger partial charge in [-0.3, -0.25) is 4.79 Å². The van der Waals surface area contributed by atoms with Crippen LogP contribution in [0.3, 0.4) is 0 Å². The average Bonchev–Trinajstić information content (AvgIpc) is 2.70. The van der Waals surface area contributed by atoms with Gasteiger partial charge in [0, 0.05) is 13.0 Å². The second-order valence-electron chi connectivity index (χ2n) is 6.73. The highest BCUT2D eigenvalue weighted by Gasteiger charge is 2.07. The fraction of sp³-hybridized carbons (Fsp3) is 0.292. The Bertz CT molecular complexity index is 892. The zero-order valence-corrected chi connectivity index (χ0v) is 15.7. The van der Waals surface area contributed by atoms with Gasteiger partial charge in [0.25, 0.3) is 0 Å². The van der Waals surface area contributed by atoms with Crippen LogP contribution in [-0.4, -0.2) is 5.91 Å². The molecule has 0 aliphatic carbocycles. The number of benzene rings is 3. The Labute approximate surface area is 156 Å². The molecule has 1 amide bonds. The minimum atomic E-state index is 0.113. The van der Waals surface area contributed by atoms with Crippen LogP contribution in [0.4, 0.5) is 0 Å². The SMILES string of the molecule is CCc1ccc(CC)c(CNC(=O)CCc2cccc3ccccc23)c1. The Kier molecular flexibility index (Phi) is 6.06. The first-order valence-corrected chi connectivity index (χ1v) is 9.55. The van der Waals surface area contributed by atoms with Gasteiger partial charge < -0.3 is 5.32 Å². The Morgan fingerprint density at radius 2 is 1.65 bits per heavy atom. The number of carbonyl (C=O) groups is 1. The predicted molar refractivity (Wildman–Crippen MR) is 109 cm³/mol. The van der Waals surface area contributed by atoms with Gasteiger partial charge in [0.15, 0.2) is 0 Å². The van der Waals surface area contributed by atoms with Crippen LogP contribution >= 0.6 is 0 Å². The van der Waals surface area contributed by atoms with E-state index in [1.54, 1.807) is 0 Å². The van der Waals surface area contributed by atoms with Gasteiger partial charge in [-0.2, -0.15) is 0 Å². The number of hydrogen-bond donors (Lipinski definition) is 1. The van der Waals surface area contributed by atoms with Crippen molar-refractivity contribution >= 4 is 16.7 Å². The van der Waals surface area contributed by atoms with Crippen LogP contribution in [-0.2, 0) is 30.6 Å². The molecule has 0 spiro atoms. The highest BCUT2D eigenvalue weighted by molar-refractivity contribution is 5.86. The molecule has 0 radical (unpaired) electrons. The summed E-state index contributed by atoms with van der Waals surface area (Å²) in [6.07, 6.45) is 3.29. The third-order valence-corrected chi connectivity index (χ3v) is 5.04. The van der Waals surface area contributed by atoms with Crippen LogP contribution in [0.5, 0.6) is 0 Å². The van der Waals surface area contributed by atoms with Crippen LogP contribution < -0.4 is 5.32 Å². The normalized spacial score (nSPS) is 10.8. The Morgan fingerprint density at radius 1 is 0.846 bits per heavy atom. The van der Waals surface area contributed by atoms with Gasteiger partial charge in [-0.05, 0) is 52.3 Å². The van der Waals surface area contributed by atoms with E-state index in [-0.39, 0.29) is 5.91 Å². The molecule has 2 heteroatoms. The summed E-state index contributed by atoms with van der Waals surface area (Å²) in [6.45, 7) is 4.94. The van der Waals surface area contributed by atoms with Gasteiger partial charge in [-0.1, -0.05) is 74.5 Å². The quantitative estimate of drug-likeness (QED) is 0.625. The summed E-state index contributed by atoms with van der Waals surface area (Å²) >= 11 is 0. The molecule has 0 aromatic heterocycles. The average molecular weight is 345 g/mol. The van der Waals surface area contributed by atoms with Crippen molar-refractivity contribution in [2.45, 2.75) is 46.1 Å². The molecule has 0 saturated carbocycles. The van der Waals surface area contributed by atoms with Crippen LogP contribution in [0.2, 0.25) is 0 Å². The van der Waals surface area contributed by atoms with Crippen LogP contribution in [0.1, 0.15) is 42.5 Å². The van der Waals surface area contributed by atoms with Gasteiger partial charge in [-0.15, -0.1) is 0 Å². The second-order valence-corrected chi connectivity index (χ2v) is 6.73. The lowest BCUT2D eigenvalue weighted by atomic mass is 10.00. The van der Waals surface area contributed by atoms with E-state index in [0.717, 1.165) is 19.3 Å². The summed E-state index contributed by atoms with van der Waals surface area (Å²) in [7, 11) is 0. The second kappa shape index (κ2) is 8.66. The van der Waals surface area contributed by atoms with Crippen molar-refractivity contribution < 1.29 is 4.79 Å². The molecule has 0 aliphatic heterocycles. The van der Waals surface area contributed by atoms with Crippen LogP contribution in [0, 0.1) is 0 Å². The first-order valence-electron chi connectivity index (χ1n) is 9.55. The minimum absolute atomic E-state index is 0.113. The number of carbonyl (C=O) groups excluding carboxylic acids is 1. The van der Waals surface area contributed by atoms with E-state index < -0.39 is 0 Å². The Balaban J connectivity index is 1.61. The molecular formula is C24H27NO. The van der Waals surface area contributed by atoms with E-state index in [1.807, 2.05) is 0 Å². The van der Waals surface area contributed by atoms with Crippen LogP contribution in [0.15, 0.2) is 60.7 Å². The molecule has 3 rings (SSSR count). The number of fused-ring (bicyclic) bond motifs is 1. The van der Waals surface area contributed by atoms with Crippen molar-refractivity contribution in [3.8, 4) is 0 Å². The van der Waals surface area contributed by atoms with Crippen molar-refractivity contribution in [2.24, 2.45) is 0 Å². The molecule has 0 atom stereocenters. The monoisotopic (exact) mass is 345 g/mol. The van der Waals surface area contributed by atoms with Gasteiger partial charge in [-0.25, -0.2) is 0 Å². The zero-order valence-electron chi connectivity index (χ0n) is 15.7. The highest BCUT2D eigenvalue weighted by Crippen LogP contribution is 2.20.